The van der Waals surface area contributed by atoms with Crippen LogP contribution in [0.25, 0.3) is 10.2 Å². The lowest BCUT2D eigenvalue weighted by Crippen LogP contribution is -2.24. The van der Waals surface area contributed by atoms with Crippen LogP contribution in [0, 0.1) is 5.92 Å². The first-order valence-corrected chi connectivity index (χ1v) is 11.1. The van der Waals surface area contributed by atoms with E-state index in [0.717, 1.165) is 41.6 Å². The Morgan fingerprint density at radius 3 is 2.60 bits per heavy atom. The minimum absolute atomic E-state index is 0.0723. The SMILES string of the molecule is CN(C)c1cccc(C(=O)Nc2ccc3sc(NC(=O)C4CCCCC4)nc3c2)c1. The van der Waals surface area contributed by atoms with Gasteiger partial charge in [0.05, 0.1) is 10.2 Å². The predicted molar refractivity (Wildman–Crippen MR) is 124 cm³/mol. The lowest BCUT2D eigenvalue weighted by Gasteiger charge is -2.19. The minimum Gasteiger partial charge on any atom is -0.378 e. The van der Waals surface area contributed by atoms with E-state index in [-0.39, 0.29) is 17.7 Å². The smallest absolute Gasteiger partial charge is 0.255 e. The number of carbonyl (C=O) groups excluding carboxylic acids is 2. The standard InChI is InChI=1S/C23H26N4O2S/c1-27(2)18-10-6-9-16(13-18)22(29)24-17-11-12-20-19(14-17)25-23(30-20)26-21(28)15-7-4-3-5-8-15/h6,9-15H,3-5,7-8H2,1-2H3,(H,24,29)(H,25,26,28). The number of rotatable bonds is 5. The molecule has 1 aliphatic carbocycles. The average Bonchev–Trinajstić information content (AvgIpc) is 3.15. The Morgan fingerprint density at radius 1 is 1.03 bits per heavy atom. The van der Waals surface area contributed by atoms with E-state index in [1.165, 1.54) is 17.8 Å². The van der Waals surface area contributed by atoms with E-state index in [0.29, 0.717) is 16.4 Å². The van der Waals surface area contributed by atoms with Gasteiger partial charge in [-0.05, 0) is 49.2 Å². The van der Waals surface area contributed by atoms with Crippen LogP contribution in [-0.2, 0) is 4.79 Å². The van der Waals surface area contributed by atoms with Gasteiger partial charge >= 0.3 is 0 Å². The second-order valence-corrected chi connectivity index (χ2v) is 8.96. The molecule has 6 nitrogen and oxygen atoms in total. The normalized spacial score (nSPS) is 14.5. The van der Waals surface area contributed by atoms with Crippen molar-refractivity contribution < 1.29 is 9.59 Å². The molecule has 156 valence electrons. The number of aromatic nitrogens is 1. The van der Waals surface area contributed by atoms with E-state index in [9.17, 15) is 9.59 Å². The zero-order valence-electron chi connectivity index (χ0n) is 17.3. The van der Waals surface area contributed by atoms with Crippen LogP contribution in [0.5, 0.6) is 0 Å². The van der Waals surface area contributed by atoms with Crippen molar-refractivity contribution in [2.75, 3.05) is 29.6 Å². The summed E-state index contributed by atoms with van der Waals surface area (Å²) in [6, 6.07) is 13.1. The van der Waals surface area contributed by atoms with Gasteiger partial charge in [-0.1, -0.05) is 36.7 Å². The Bertz CT molecular complexity index is 1070. The third kappa shape index (κ3) is 4.62. The molecule has 4 rings (SSSR count). The van der Waals surface area contributed by atoms with Crippen LogP contribution < -0.4 is 15.5 Å². The third-order valence-electron chi connectivity index (χ3n) is 5.48. The van der Waals surface area contributed by atoms with Crippen LogP contribution in [0.2, 0.25) is 0 Å². The molecule has 0 bridgehead atoms. The van der Waals surface area contributed by atoms with Crippen molar-refractivity contribution in [1.29, 1.82) is 0 Å². The molecule has 0 saturated heterocycles. The Morgan fingerprint density at radius 2 is 1.83 bits per heavy atom. The fraction of sp³-hybridized carbons (Fsp3) is 0.348. The summed E-state index contributed by atoms with van der Waals surface area (Å²) in [6.07, 6.45) is 5.39. The van der Waals surface area contributed by atoms with Crippen molar-refractivity contribution in [2.24, 2.45) is 5.92 Å². The summed E-state index contributed by atoms with van der Waals surface area (Å²) in [7, 11) is 3.88. The van der Waals surface area contributed by atoms with Crippen LogP contribution in [0.3, 0.4) is 0 Å². The highest BCUT2D eigenvalue weighted by atomic mass is 32.1. The minimum atomic E-state index is -0.167. The van der Waals surface area contributed by atoms with Crippen LogP contribution in [0.15, 0.2) is 42.5 Å². The third-order valence-corrected chi connectivity index (χ3v) is 6.43. The van der Waals surface area contributed by atoms with Crippen molar-refractivity contribution in [1.82, 2.24) is 4.98 Å². The highest BCUT2D eigenvalue weighted by Crippen LogP contribution is 2.30. The number of hydrogen-bond acceptors (Lipinski definition) is 5. The highest BCUT2D eigenvalue weighted by Gasteiger charge is 2.22. The Labute approximate surface area is 180 Å². The van der Waals surface area contributed by atoms with Gasteiger partial charge in [0.25, 0.3) is 5.91 Å². The molecule has 2 amide bonds. The summed E-state index contributed by atoms with van der Waals surface area (Å²) < 4.78 is 0.974. The van der Waals surface area contributed by atoms with Crippen molar-refractivity contribution in [3.05, 3.63) is 48.0 Å². The topological polar surface area (TPSA) is 74.3 Å². The van der Waals surface area contributed by atoms with Gasteiger partial charge in [0.2, 0.25) is 5.91 Å². The molecule has 0 aliphatic heterocycles. The van der Waals surface area contributed by atoms with Crippen LogP contribution >= 0.6 is 11.3 Å². The summed E-state index contributed by atoms with van der Waals surface area (Å²) in [4.78, 5) is 31.6. The summed E-state index contributed by atoms with van der Waals surface area (Å²) in [6.45, 7) is 0. The number of benzene rings is 2. The monoisotopic (exact) mass is 422 g/mol. The highest BCUT2D eigenvalue weighted by molar-refractivity contribution is 7.22. The van der Waals surface area contributed by atoms with E-state index < -0.39 is 0 Å². The lowest BCUT2D eigenvalue weighted by atomic mass is 9.89. The summed E-state index contributed by atoms with van der Waals surface area (Å²) in [5.41, 5.74) is 3.01. The first-order valence-electron chi connectivity index (χ1n) is 10.3. The van der Waals surface area contributed by atoms with Gasteiger partial charge in [-0.25, -0.2) is 4.98 Å². The van der Waals surface area contributed by atoms with Gasteiger partial charge in [0, 0.05) is 37.0 Å². The number of carbonyl (C=O) groups is 2. The first-order chi connectivity index (χ1) is 14.5. The zero-order chi connectivity index (χ0) is 21.1. The molecular weight excluding hydrogens is 396 g/mol. The van der Waals surface area contributed by atoms with Gasteiger partial charge < -0.3 is 15.5 Å². The Hall–Kier alpha value is -2.93. The second-order valence-electron chi connectivity index (χ2n) is 7.92. The van der Waals surface area contributed by atoms with Crippen LogP contribution in [-0.4, -0.2) is 30.9 Å². The number of anilines is 3. The Kier molecular flexibility index (Phi) is 5.99. The molecule has 1 aliphatic rings. The molecule has 1 saturated carbocycles. The van der Waals surface area contributed by atoms with E-state index in [1.54, 1.807) is 6.07 Å². The maximum Gasteiger partial charge on any atom is 0.255 e. The van der Waals surface area contributed by atoms with Gasteiger partial charge in [0.15, 0.2) is 5.13 Å². The number of thiazole rings is 1. The predicted octanol–water partition coefficient (Wildman–Crippen LogP) is 5.13. The number of nitrogens with zero attached hydrogens (tertiary/aromatic N) is 2. The van der Waals surface area contributed by atoms with Crippen molar-refractivity contribution in [3.63, 3.8) is 0 Å². The fourth-order valence-electron chi connectivity index (χ4n) is 3.76. The summed E-state index contributed by atoms with van der Waals surface area (Å²) >= 11 is 1.46. The van der Waals surface area contributed by atoms with Gasteiger partial charge in [-0.2, -0.15) is 0 Å². The lowest BCUT2D eigenvalue weighted by molar-refractivity contribution is -0.120. The zero-order valence-corrected chi connectivity index (χ0v) is 18.1. The first kappa shape index (κ1) is 20.3. The number of fused-ring (bicyclic) bond motifs is 1. The fourth-order valence-corrected chi connectivity index (χ4v) is 4.61. The maximum atomic E-state index is 12.6. The molecule has 0 atom stereocenters. The van der Waals surface area contributed by atoms with Crippen LogP contribution in [0.1, 0.15) is 42.5 Å². The average molecular weight is 423 g/mol. The second kappa shape index (κ2) is 8.83. The molecule has 0 radical (unpaired) electrons. The summed E-state index contributed by atoms with van der Waals surface area (Å²) in [5, 5.41) is 6.53. The molecular formula is C23H26N4O2S. The van der Waals surface area contributed by atoms with Gasteiger partial charge in [0.1, 0.15) is 0 Å². The van der Waals surface area contributed by atoms with Gasteiger partial charge in [-0.3, -0.25) is 9.59 Å². The molecule has 1 fully saturated rings. The van der Waals surface area contributed by atoms with Crippen molar-refractivity contribution in [3.8, 4) is 0 Å². The molecule has 1 heterocycles. The molecule has 0 spiro atoms. The number of hydrogen-bond donors (Lipinski definition) is 2. The van der Waals surface area contributed by atoms with Crippen LogP contribution in [0.4, 0.5) is 16.5 Å². The molecule has 2 aromatic carbocycles. The van der Waals surface area contributed by atoms with E-state index >= 15 is 0 Å². The number of nitrogens with one attached hydrogen (secondary N) is 2. The van der Waals surface area contributed by atoms with E-state index in [2.05, 4.69) is 15.6 Å². The quantitative estimate of drug-likeness (QED) is 0.597. The maximum absolute atomic E-state index is 12.6. The number of amides is 2. The molecule has 3 aromatic rings. The Balaban J connectivity index is 1.46. The van der Waals surface area contributed by atoms with E-state index in [4.69, 9.17) is 0 Å². The molecule has 1 aromatic heterocycles. The van der Waals surface area contributed by atoms with Crippen molar-refractivity contribution in [2.45, 2.75) is 32.1 Å². The largest absolute Gasteiger partial charge is 0.378 e. The van der Waals surface area contributed by atoms with Crippen molar-refractivity contribution >= 4 is 49.9 Å². The molecule has 0 unspecified atom stereocenters. The molecule has 7 heteroatoms. The van der Waals surface area contributed by atoms with E-state index in [1.807, 2.05) is 55.4 Å². The summed E-state index contributed by atoms with van der Waals surface area (Å²) in [5.74, 6) is 0.000649. The molecule has 30 heavy (non-hydrogen) atoms. The molecule has 2 N–H and O–H groups in total. The van der Waals surface area contributed by atoms with Gasteiger partial charge in [-0.15, -0.1) is 0 Å².